The van der Waals surface area contributed by atoms with Crippen LogP contribution in [0.5, 0.6) is 5.75 Å². The number of aryl methyl sites for hydroxylation is 1. The largest absolute Gasteiger partial charge is 1.00 e. The van der Waals surface area contributed by atoms with Gasteiger partial charge in [-0.2, -0.15) is 13.0 Å². The van der Waals surface area contributed by atoms with Gasteiger partial charge in [0.1, 0.15) is 36.4 Å². The van der Waals surface area contributed by atoms with Crippen LogP contribution < -0.4 is 50.2 Å². The number of aliphatic hydroxyl groups excluding tert-OH is 3. The van der Waals surface area contributed by atoms with E-state index in [-0.39, 0.29) is 58.4 Å². The van der Waals surface area contributed by atoms with Crippen LogP contribution in [-0.2, 0) is 42.2 Å². The summed E-state index contributed by atoms with van der Waals surface area (Å²) < 4.78 is 81.1. The van der Waals surface area contributed by atoms with Crippen molar-refractivity contribution in [3.05, 3.63) is 136 Å². The van der Waals surface area contributed by atoms with Crippen molar-refractivity contribution in [1.82, 2.24) is 5.32 Å². The van der Waals surface area contributed by atoms with Crippen LogP contribution >= 0.6 is 0 Å². The minimum absolute atomic E-state index is 0. The molecule has 74 heavy (non-hydrogen) atoms. The van der Waals surface area contributed by atoms with E-state index in [1.54, 1.807) is 0 Å². The van der Waals surface area contributed by atoms with Crippen LogP contribution in [0, 0.1) is 0 Å². The summed E-state index contributed by atoms with van der Waals surface area (Å²) >= 11 is 0. The first-order valence-corrected chi connectivity index (χ1v) is 29.1. The van der Waals surface area contributed by atoms with Crippen molar-refractivity contribution in [2.45, 2.75) is 146 Å². The van der Waals surface area contributed by atoms with Crippen molar-refractivity contribution in [3.8, 4) is 5.75 Å². The van der Waals surface area contributed by atoms with Gasteiger partial charge in [-0.15, -0.1) is 0 Å². The summed E-state index contributed by atoms with van der Waals surface area (Å²) in [6.07, 6.45) is 12.6. The van der Waals surface area contributed by atoms with Crippen molar-refractivity contribution in [2.75, 3.05) is 42.6 Å². The molecule has 15 nitrogen and oxygen atoms in total. The molecule has 398 valence electrons. The predicted octanol–water partition coefficient (Wildman–Crippen LogP) is 4.20. The van der Waals surface area contributed by atoms with E-state index in [1.807, 2.05) is 24.3 Å². The molecule has 5 atom stereocenters. The van der Waals surface area contributed by atoms with Crippen LogP contribution in [0.25, 0.3) is 0 Å². The molecule has 1 fully saturated rings. The Morgan fingerprint density at radius 1 is 0.824 bits per heavy atom. The van der Waals surface area contributed by atoms with E-state index in [4.69, 9.17) is 15.2 Å². The first-order valence-electron chi connectivity index (χ1n) is 25.9. The monoisotopic (exact) mass is 1070 g/mol. The molecule has 1 aliphatic carbocycles. The van der Waals surface area contributed by atoms with Crippen molar-refractivity contribution >= 4 is 37.3 Å². The number of para-hydroxylation sites is 2. The van der Waals surface area contributed by atoms with Crippen molar-refractivity contribution in [2.24, 2.45) is 5.73 Å². The molecule has 7 N–H and O–H groups in total. The molecule has 0 unspecified atom stereocenters. The maximum absolute atomic E-state index is 11.5. The number of hydrogen-bond acceptors (Lipinski definition) is 13. The number of allylic oxidation sites excluding steroid dienone is 7. The van der Waals surface area contributed by atoms with Gasteiger partial charge < -0.3 is 45.3 Å². The van der Waals surface area contributed by atoms with Gasteiger partial charge in [-0.25, -0.2) is 8.42 Å². The molecule has 4 aliphatic rings. The minimum Gasteiger partial charge on any atom is -0.748 e. The molecule has 0 spiro atoms. The van der Waals surface area contributed by atoms with Gasteiger partial charge in [-0.05, 0) is 137 Å². The second-order valence-corrected chi connectivity index (χ2v) is 24.1. The van der Waals surface area contributed by atoms with Gasteiger partial charge in [-0.1, -0.05) is 74.9 Å². The van der Waals surface area contributed by atoms with E-state index in [1.165, 1.54) is 11.1 Å². The summed E-state index contributed by atoms with van der Waals surface area (Å²) in [5, 5.41) is 33.9. The molecule has 0 saturated carbocycles. The first-order chi connectivity index (χ1) is 34.7. The van der Waals surface area contributed by atoms with Gasteiger partial charge in [0.05, 0.1) is 27.3 Å². The number of rotatable bonds is 24. The maximum Gasteiger partial charge on any atom is 1.00 e. The molecule has 3 aliphatic heterocycles. The average molecular weight is 1070 g/mol. The summed E-state index contributed by atoms with van der Waals surface area (Å²) in [4.78, 5) is 2.34. The van der Waals surface area contributed by atoms with Crippen LogP contribution in [0.3, 0.4) is 0 Å². The summed E-state index contributed by atoms with van der Waals surface area (Å²) in [7, 11) is -8.30. The third kappa shape index (κ3) is 15.1. The van der Waals surface area contributed by atoms with Crippen LogP contribution in [0.15, 0.2) is 120 Å². The Hall–Kier alpha value is -3.53. The average Bonchev–Trinajstić information content (AvgIpc) is 3.69. The smallest absolute Gasteiger partial charge is 0.748 e. The standard InChI is InChI=1S/C56H76N4O11S2.Na/c1-55(2)43-24-7-9-26-45(43)59(33-13-5-15-35-72(64,65)66)48(55)30-28-40-21-18-22-41(29-31-49-56(3,4)44-25-8-10-27-46(44)60(49)34-14-6-16-36-73(67,68)69)53(40)70-42-23-17-20-39(37-42)19-11-12-32-58-38-47-51(61)52(62)50(57)54(63)71-47;/h7-10,17,20,23-31,37,47,50-52,54,58,61-63H,5-6,11-16,18-19,21-22,32-36,38,57H2,1-4H3,(H-,64,65,66,67,68,69);/q;+1/t47-,50-,51-,52-,54-;/m1./s1. The number of nitrogens with zero attached hydrogens (tertiary/aromatic N) is 2. The fourth-order valence-corrected chi connectivity index (χ4v) is 11.9. The number of fused-ring (bicyclic) bond motifs is 2. The second kappa shape index (κ2) is 26.2. The van der Waals surface area contributed by atoms with E-state index in [2.05, 4.69) is 115 Å². The Morgan fingerprint density at radius 3 is 2.30 bits per heavy atom. The van der Waals surface area contributed by atoms with Gasteiger partial charge in [0.2, 0.25) is 5.69 Å². The van der Waals surface area contributed by atoms with E-state index in [9.17, 15) is 41.3 Å². The van der Waals surface area contributed by atoms with Gasteiger partial charge in [0.15, 0.2) is 12.0 Å². The quantitative estimate of drug-likeness (QED) is 0.0320. The summed E-state index contributed by atoms with van der Waals surface area (Å²) in [5.41, 5.74) is 15.2. The van der Waals surface area contributed by atoms with Crippen LogP contribution in [0.2, 0.25) is 0 Å². The SMILES string of the molecule is CC1(C)C(=CC=C2CCCC(C=CC3=[N+](CCCCCS(=O)(=O)[O-])c4ccccc4C3(C)C)=C2Oc2cccc(CCCCNC[C@H]3O[C@@H](O)[C@H](N)[C@@H](O)[C@@H]3O)c2)N(CCCCCS(=O)(=O)O)c2ccccc21.[Na+]. The van der Waals surface area contributed by atoms with Crippen LogP contribution in [0.1, 0.15) is 115 Å². The molecule has 0 radical (unpaired) electrons. The van der Waals surface area contributed by atoms with Crippen molar-refractivity contribution in [3.63, 3.8) is 0 Å². The van der Waals surface area contributed by atoms with E-state index >= 15 is 0 Å². The minimum atomic E-state index is -4.27. The Balaban J connectivity index is 0.00000892. The number of unbranched alkanes of at least 4 members (excludes halogenated alkanes) is 5. The van der Waals surface area contributed by atoms with Crippen molar-refractivity contribution in [1.29, 1.82) is 0 Å². The normalized spacial score (nSPS) is 23.7. The Kier molecular flexibility index (Phi) is 21.1. The molecule has 0 aromatic heterocycles. The van der Waals surface area contributed by atoms with Crippen LogP contribution in [-0.4, -0.2) is 120 Å². The van der Waals surface area contributed by atoms with E-state index < -0.39 is 50.9 Å². The number of nitrogens with one attached hydrogen (secondary N) is 1. The number of benzene rings is 3. The van der Waals surface area contributed by atoms with Gasteiger partial charge >= 0.3 is 29.6 Å². The second-order valence-electron chi connectivity index (χ2n) is 21.0. The summed E-state index contributed by atoms with van der Waals surface area (Å²) in [6.45, 7) is 11.2. The zero-order chi connectivity index (χ0) is 52.6. The molecule has 7 rings (SSSR count). The Labute approximate surface area is 461 Å². The van der Waals surface area contributed by atoms with Gasteiger partial charge in [0, 0.05) is 59.8 Å². The number of aliphatic hydroxyl groups is 3. The Bertz CT molecular complexity index is 2810. The molecular weight excluding hydrogens is 992 g/mol. The summed E-state index contributed by atoms with van der Waals surface area (Å²) in [6, 6.07) is 23.9. The first kappa shape index (κ1) is 59.7. The van der Waals surface area contributed by atoms with Crippen molar-refractivity contribution < 1.29 is 84.9 Å². The topological polar surface area (TPSA) is 235 Å². The van der Waals surface area contributed by atoms with E-state index in [0.29, 0.717) is 45.3 Å². The third-order valence-corrected chi connectivity index (χ3v) is 16.4. The zero-order valence-electron chi connectivity index (χ0n) is 43.8. The number of nitrogens with two attached hydrogens (primary N) is 1. The molecule has 0 bridgehead atoms. The van der Waals surface area contributed by atoms with E-state index in [0.717, 1.165) is 102 Å². The van der Waals surface area contributed by atoms with Crippen LogP contribution in [0.4, 0.5) is 11.4 Å². The fraction of sp³-hybridized carbons (Fsp3) is 0.518. The third-order valence-electron chi connectivity index (χ3n) is 14.8. The molecule has 3 aromatic rings. The number of ether oxygens (including phenoxy) is 2. The molecule has 0 amide bonds. The summed E-state index contributed by atoms with van der Waals surface area (Å²) in [5.74, 6) is 0.902. The number of hydrogen-bond donors (Lipinski definition) is 6. The van der Waals surface area contributed by atoms with Gasteiger partial charge in [-0.3, -0.25) is 4.55 Å². The predicted molar refractivity (Wildman–Crippen MR) is 285 cm³/mol. The number of anilines is 1. The molecule has 3 heterocycles. The maximum atomic E-state index is 11.5. The Morgan fingerprint density at radius 2 is 1.54 bits per heavy atom. The molecule has 3 aromatic carbocycles. The molecule has 1 saturated heterocycles. The zero-order valence-corrected chi connectivity index (χ0v) is 47.4. The fourth-order valence-electron chi connectivity index (χ4n) is 10.8. The molecule has 18 heteroatoms. The molecular formula is C56H76N4NaO11S2+. The van der Waals surface area contributed by atoms with Gasteiger partial charge in [0.25, 0.3) is 10.1 Å².